The van der Waals surface area contributed by atoms with Crippen molar-refractivity contribution in [1.82, 2.24) is 24.3 Å². The van der Waals surface area contributed by atoms with Crippen molar-refractivity contribution >= 4 is 68.7 Å². The summed E-state index contributed by atoms with van der Waals surface area (Å²) in [4.78, 5) is 9.84. The minimum atomic E-state index is -0.213. The van der Waals surface area contributed by atoms with E-state index in [1.54, 1.807) is 44.8 Å². The third-order valence-corrected chi connectivity index (χ3v) is 10.6. The largest absolute Gasteiger partial charge is 0.453 e. The molecule has 0 saturated heterocycles. The van der Waals surface area contributed by atoms with Crippen LogP contribution in [-0.4, -0.2) is 38.5 Å². The van der Waals surface area contributed by atoms with Gasteiger partial charge < -0.3 is 23.7 Å². The Morgan fingerprint density at radius 2 is 1.63 bits per heavy atom. The van der Waals surface area contributed by atoms with Gasteiger partial charge in [0.05, 0.1) is 46.5 Å². The van der Waals surface area contributed by atoms with Crippen LogP contribution in [0, 0.1) is 11.3 Å². The number of anilines is 1. The van der Waals surface area contributed by atoms with E-state index in [1.165, 1.54) is 0 Å². The van der Waals surface area contributed by atoms with Gasteiger partial charge in [0.15, 0.2) is 11.4 Å². The number of halogens is 2. The Morgan fingerprint density at radius 1 is 0.882 bits per heavy atom. The fourth-order valence-corrected chi connectivity index (χ4v) is 7.84. The van der Waals surface area contributed by atoms with E-state index in [1.807, 2.05) is 57.8 Å². The lowest BCUT2D eigenvalue weighted by Gasteiger charge is -2.20. The molecule has 0 fully saturated rings. The molecule has 7 rings (SSSR count). The number of hydrogen-bond acceptors (Lipinski definition) is 8. The van der Waals surface area contributed by atoms with Crippen molar-refractivity contribution in [3.63, 3.8) is 0 Å². The molecule has 0 saturated carbocycles. The number of aromatic nitrogens is 5. The van der Waals surface area contributed by atoms with Gasteiger partial charge in [-0.1, -0.05) is 83.9 Å². The van der Waals surface area contributed by atoms with E-state index >= 15 is 0 Å². The van der Waals surface area contributed by atoms with Crippen molar-refractivity contribution in [3.8, 4) is 17.6 Å². The zero-order chi connectivity index (χ0) is 35.3. The first-order chi connectivity index (χ1) is 24.9. The molecule has 0 aliphatic rings. The SMILES string of the molecule is COPC(Nc1ccc2c(Cn3cnc4c(Oc5cc(Cl)cc(C#N)c5)c(Cl)ccc43)nn(C(POC)c3ccccc3)c2n1)c1ccccc1. The summed E-state index contributed by atoms with van der Waals surface area (Å²) < 4.78 is 21.5. The van der Waals surface area contributed by atoms with Crippen molar-refractivity contribution < 1.29 is 13.8 Å². The third kappa shape index (κ3) is 7.56. The summed E-state index contributed by atoms with van der Waals surface area (Å²) in [7, 11) is 3.67. The summed E-state index contributed by atoms with van der Waals surface area (Å²) in [6.07, 6.45) is 1.74. The average molecular weight is 755 g/mol. The number of benzene rings is 4. The highest BCUT2D eigenvalue weighted by Crippen LogP contribution is 2.41. The standard InChI is InChI=1S/C37H31Cl2N7O3P2/c1-47-50-36(24-9-5-3-6-10-24)43-32-16-13-28-30(44-46(35(28)42-32)37(51-48-2)25-11-7-4-8-12-25)21-45-22-41-33-31(45)15-14-29(39)34(33)49-27-18-23(20-40)17-26(38)19-27/h3-19,22,36-37,50-51H,21H2,1-2H3,(H,42,43). The predicted molar refractivity (Wildman–Crippen MR) is 206 cm³/mol. The summed E-state index contributed by atoms with van der Waals surface area (Å²) in [6, 6.07) is 34.9. The number of rotatable bonds is 13. The van der Waals surface area contributed by atoms with E-state index < -0.39 is 0 Å². The number of nitrogens with one attached hydrogen (secondary N) is 1. The Bertz CT molecular complexity index is 2350. The second kappa shape index (κ2) is 15.8. The van der Waals surface area contributed by atoms with Crippen molar-refractivity contribution in [3.05, 3.63) is 142 Å². The Hall–Kier alpha value is -4.58. The molecule has 0 bridgehead atoms. The van der Waals surface area contributed by atoms with Gasteiger partial charge in [0.25, 0.3) is 0 Å². The number of pyridine rings is 1. The van der Waals surface area contributed by atoms with Gasteiger partial charge in [0, 0.05) is 42.2 Å². The summed E-state index contributed by atoms with van der Waals surface area (Å²) in [5, 5.41) is 19.8. The Morgan fingerprint density at radius 3 is 2.35 bits per heavy atom. The maximum atomic E-state index is 9.42. The normalized spacial score (nSPS) is 13.0. The van der Waals surface area contributed by atoms with Gasteiger partial charge in [-0.25, -0.2) is 14.6 Å². The first kappa shape index (κ1) is 34.9. The summed E-state index contributed by atoms with van der Waals surface area (Å²) >= 11 is 12.9. The summed E-state index contributed by atoms with van der Waals surface area (Å²) in [5.41, 5.74) is 5.40. The van der Waals surface area contributed by atoms with Crippen LogP contribution in [0.1, 0.15) is 34.0 Å². The monoisotopic (exact) mass is 753 g/mol. The highest BCUT2D eigenvalue weighted by molar-refractivity contribution is 7.33. The van der Waals surface area contributed by atoms with Crippen molar-refractivity contribution in [1.29, 1.82) is 5.26 Å². The van der Waals surface area contributed by atoms with Gasteiger partial charge in [-0.2, -0.15) is 10.4 Å². The molecule has 0 radical (unpaired) electrons. The van der Waals surface area contributed by atoms with E-state index in [0.29, 0.717) is 50.6 Å². The van der Waals surface area contributed by atoms with Gasteiger partial charge in [0.2, 0.25) is 0 Å². The number of nitriles is 1. The van der Waals surface area contributed by atoms with Crippen LogP contribution < -0.4 is 10.1 Å². The van der Waals surface area contributed by atoms with Crippen LogP contribution in [0.3, 0.4) is 0 Å². The second-order valence-electron chi connectivity index (χ2n) is 11.4. The molecule has 4 unspecified atom stereocenters. The molecule has 51 heavy (non-hydrogen) atoms. The Balaban J connectivity index is 1.30. The fourth-order valence-electron chi connectivity index (χ4n) is 5.83. The average Bonchev–Trinajstić information content (AvgIpc) is 3.73. The van der Waals surface area contributed by atoms with Gasteiger partial charge in [-0.3, -0.25) is 0 Å². The smallest absolute Gasteiger partial charge is 0.173 e. The molecule has 3 aromatic heterocycles. The van der Waals surface area contributed by atoms with Crippen LogP contribution >= 0.6 is 40.8 Å². The second-order valence-corrected chi connectivity index (χ2v) is 14.7. The summed E-state index contributed by atoms with van der Waals surface area (Å²) in [5.74, 6) is 1.15. The third-order valence-electron chi connectivity index (χ3n) is 8.12. The van der Waals surface area contributed by atoms with Crippen molar-refractivity contribution in [2.24, 2.45) is 0 Å². The molecule has 14 heteroatoms. The number of imidazole rings is 1. The van der Waals surface area contributed by atoms with E-state index in [2.05, 4.69) is 41.7 Å². The van der Waals surface area contributed by atoms with Gasteiger partial charge in [0.1, 0.15) is 22.9 Å². The van der Waals surface area contributed by atoms with Crippen LogP contribution in [0.15, 0.2) is 109 Å². The van der Waals surface area contributed by atoms with Crippen molar-refractivity contribution in [2.75, 3.05) is 19.5 Å². The topological polar surface area (TPSA) is 112 Å². The maximum Gasteiger partial charge on any atom is 0.173 e. The van der Waals surface area contributed by atoms with Gasteiger partial charge in [-0.05, 0) is 53.6 Å². The Labute approximate surface area is 308 Å². The molecule has 10 nitrogen and oxygen atoms in total. The summed E-state index contributed by atoms with van der Waals surface area (Å²) in [6.45, 7) is 0.389. The molecule has 0 spiro atoms. The molecule has 4 aromatic carbocycles. The first-order valence-corrected chi connectivity index (χ1v) is 18.5. The maximum absolute atomic E-state index is 9.42. The lowest BCUT2D eigenvalue weighted by Crippen LogP contribution is -2.11. The van der Waals surface area contributed by atoms with E-state index in [4.69, 9.17) is 52.1 Å². The number of ether oxygens (including phenoxy) is 1. The van der Waals surface area contributed by atoms with E-state index in [0.717, 1.165) is 27.7 Å². The quantitative estimate of drug-likeness (QED) is 0.116. The predicted octanol–water partition coefficient (Wildman–Crippen LogP) is 9.94. The van der Waals surface area contributed by atoms with Gasteiger partial charge >= 0.3 is 0 Å². The highest BCUT2D eigenvalue weighted by Gasteiger charge is 2.24. The molecule has 0 aliphatic carbocycles. The van der Waals surface area contributed by atoms with Crippen LogP contribution in [-0.2, 0) is 15.6 Å². The lowest BCUT2D eigenvalue weighted by atomic mass is 10.2. The zero-order valence-corrected chi connectivity index (χ0v) is 30.9. The Kier molecular flexibility index (Phi) is 10.8. The first-order valence-electron chi connectivity index (χ1n) is 15.8. The molecular formula is C37H31Cl2N7O3P2. The molecule has 0 aliphatic heterocycles. The minimum Gasteiger partial charge on any atom is -0.453 e. The number of nitrogens with zero attached hydrogens (tertiary/aromatic N) is 6. The molecule has 256 valence electrons. The molecule has 4 atom stereocenters. The minimum absolute atomic E-state index is 0.0817. The molecule has 3 heterocycles. The number of hydrogen-bond donors (Lipinski definition) is 1. The van der Waals surface area contributed by atoms with Crippen molar-refractivity contribution in [2.45, 2.75) is 18.1 Å². The van der Waals surface area contributed by atoms with E-state index in [9.17, 15) is 5.26 Å². The molecule has 1 N–H and O–H groups in total. The zero-order valence-electron chi connectivity index (χ0n) is 27.4. The van der Waals surface area contributed by atoms with Crippen LogP contribution in [0.4, 0.5) is 5.82 Å². The van der Waals surface area contributed by atoms with Crippen LogP contribution in [0.5, 0.6) is 11.5 Å². The molecule has 7 aromatic rings. The fraction of sp³-hybridized carbons (Fsp3) is 0.135. The number of fused-ring (bicyclic) bond motifs is 2. The van der Waals surface area contributed by atoms with Crippen LogP contribution in [0.25, 0.3) is 22.1 Å². The highest BCUT2D eigenvalue weighted by atomic mass is 35.5. The van der Waals surface area contributed by atoms with Gasteiger partial charge in [-0.15, -0.1) is 0 Å². The van der Waals surface area contributed by atoms with E-state index in [-0.39, 0.29) is 29.2 Å². The molecule has 0 amide bonds. The lowest BCUT2D eigenvalue weighted by molar-refractivity contribution is 0.458. The molecular weight excluding hydrogens is 723 g/mol. The van der Waals surface area contributed by atoms with Crippen LogP contribution in [0.2, 0.25) is 10.0 Å².